The van der Waals surface area contributed by atoms with Crippen molar-refractivity contribution in [3.05, 3.63) is 53.8 Å². The average molecular weight is 371 g/mol. The standard InChI is InChI=1S/C22H26FNO3/c1-26-18-3-5-19(6-4-18)27-20-11-16-13-24(14-17(16)12-20)9-8-15-2-7-22(25)21(23)10-15/h2-7,10,16-17,20,25H,8-9,11-14H2,1H3/t16-,17+,20+. The Hall–Kier alpha value is -2.27. The first-order valence-electron chi connectivity index (χ1n) is 9.61. The monoisotopic (exact) mass is 371 g/mol. The molecule has 2 aromatic carbocycles. The van der Waals surface area contributed by atoms with Gasteiger partial charge in [0.1, 0.15) is 11.5 Å². The van der Waals surface area contributed by atoms with E-state index in [-0.39, 0.29) is 5.75 Å². The summed E-state index contributed by atoms with van der Waals surface area (Å²) in [7, 11) is 1.66. The third kappa shape index (κ3) is 4.19. The molecular weight excluding hydrogens is 345 g/mol. The minimum atomic E-state index is -0.538. The first kappa shape index (κ1) is 18.1. The Morgan fingerprint density at radius 2 is 1.70 bits per heavy atom. The van der Waals surface area contributed by atoms with E-state index in [2.05, 4.69) is 4.90 Å². The highest BCUT2D eigenvalue weighted by molar-refractivity contribution is 5.31. The van der Waals surface area contributed by atoms with Gasteiger partial charge in [-0.05, 0) is 73.1 Å². The topological polar surface area (TPSA) is 41.9 Å². The summed E-state index contributed by atoms with van der Waals surface area (Å²) in [5.74, 6) is 2.30. The molecule has 0 amide bonds. The van der Waals surface area contributed by atoms with Crippen LogP contribution >= 0.6 is 0 Å². The van der Waals surface area contributed by atoms with E-state index >= 15 is 0 Å². The molecule has 0 radical (unpaired) electrons. The molecule has 2 aromatic rings. The van der Waals surface area contributed by atoms with E-state index in [4.69, 9.17) is 9.47 Å². The number of hydrogen-bond donors (Lipinski definition) is 1. The second kappa shape index (κ2) is 7.77. The minimum absolute atomic E-state index is 0.280. The normalized spacial score (nSPS) is 24.7. The number of aromatic hydroxyl groups is 1. The third-order valence-corrected chi connectivity index (χ3v) is 5.87. The Balaban J connectivity index is 1.24. The summed E-state index contributed by atoms with van der Waals surface area (Å²) in [6, 6.07) is 12.5. The number of fused-ring (bicyclic) bond motifs is 1. The van der Waals surface area contributed by atoms with Crippen molar-refractivity contribution >= 4 is 0 Å². The third-order valence-electron chi connectivity index (χ3n) is 5.87. The van der Waals surface area contributed by atoms with E-state index in [1.165, 1.54) is 12.1 Å². The van der Waals surface area contributed by atoms with E-state index in [0.717, 1.165) is 56.0 Å². The van der Waals surface area contributed by atoms with Crippen LogP contribution in [0.2, 0.25) is 0 Å². The van der Waals surface area contributed by atoms with Crippen molar-refractivity contribution in [1.82, 2.24) is 4.90 Å². The van der Waals surface area contributed by atoms with Crippen molar-refractivity contribution in [1.29, 1.82) is 0 Å². The van der Waals surface area contributed by atoms with Gasteiger partial charge in [0.05, 0.1) is 13.2 Å². The number of benzene rings is 2. The largest absolute Gasteiger partial charge is 0.505 e. The maximum absolute atomic E-state index is 13.4. The SMILES string of the molecule is COc1ccc(O[C@H]2C[C@@H]3CN(CCc4ccc(O)c(F)c4)C[C@@H]3C2)cc1. The number of phenolic OH excluding ortho intramolecular Hbond substituents is 1. The highest BCUT2D eigenvalue weighted by Gasteiger charge is 2.41. The number of ether oxygens (including phenoxy) is 2. The Bertz CT molecular complexity index is 766. The van der Waals surface area contributed by atoms with Crippen LogP contribution in [-0.2, 0) is 6.42 Å². The minimum Gasteiger partial charge on any atom is -0.505 e. The summed E-state index contributed by atoms with van der Waals surface area (Å²) < 4.78 is 24.8. The van der Waals surface area contributed by atoms with Gasteiger partial charge in [-0.2, -0.15) is 0 Å². The van der Waals surface area contributed by atoms with Crippen molar-refractivity contribution < 1.29 is 19.0 Å². The molecule has 3 atom stereocenters. The lowest BCUT2D eigenvalue weighted by molar-refractivity contribution is 0.186. The number of rotatable bonds is 6. The zero-order valence-corrected chi connectivity index (χ0v) is 15.6. The van der Waals surface area contributed by atoms with E-state index < -0.39 is 5.82 Å². The number of halogens is 1. The van der Waals surface area contributed by atoms with Crippen molar-refractivity contribution in [3.63, 3.8) is 0 Å². The zero-order valence-electron chi connectivity index (χ0n) is 15.6. The average Bonchev–Trinajstić information content (AvgIpc) is 3.21. The molecule has 2 aliphatic rings. The van der Waals surface area contributed by atoms with Crippen LogP contribution in [0.3, 0.4) is 0 Å². The molecule has 1 aliphatic heterocycles. The van der Waals surface area contributed by atoms with Gasteiger partial charge in [0.15, 0.2) is 11.6 Å². The lowest BCUT2D eigenvalue weighted by Gasteiger charge is -2.20. The predicted octanol–water partition coefficient (Wildman–Crippen LogP) is 3.87. The fraction of sp³-hybridized carbons (Fsp3) is 0.455. The zero-order chi connectivity index (χ0) is 18.8. The van der Waals surface area contributed by atoms with Crippen molar-refractivity contribution in [2.45, 2.75) is 25.4 Å². The molecule has 1 aliphatic carbocycles. The second-order valence-corrected chi connectivity index (χ2v) is 7.70. The lowest BCUT2D eigenvalue weighted by Crippen LogP contribution is -2.26. The summed E-state index contributed by atoms with van der Waals surface area (Å²) >= 11 is 0. The molecule has 0 bridgehead atoms. The Labute approximate surface area is 159 Å². The van der Waals surface area contributed by atoms with Gasteiger partial charge in [-0.25, -0.2) is 4.39 Å². The fourth-order valence-electron chi connectivity index (χ4n) is 4.46. The summed E-state index contributed by atoms with van der Waals surface area (Å²) in [4.78, 5) is 2.48. The van der Waals surface area contributed by atoms with E-state index in [0.29, 0.717) is 17.9 Å². The van der Waals surface area contributed by atoms with Crippen LogP contribution in [0.5, 0.6) is 17.2 Å². The van der Waals surface area contributed by atoms with Gasteiger partial charge in [0, 0.05) is 19.6 Å². The number of nitrogens with zero attached hydrogens (tertiary/aromatic N) is 1. The molecule has 144 valence electrons. The van der Waals surface area contributed by atoms with Gasteiger partial charge in [-0.3, -0.25) is 0 Å². The summed E-state index contributed by atoms with van der Waals surface area (Å²) in [5.41, 5.74) is 0.933. The predicted molar refractivity (Wildman–Crippen MR) is 102 cm³/mol. The molecule has 1 saturated heterocycles. The summed E-state index contributed by atoms with van der Waals surface area (Å²) in [6.07, 6.45) is 3.30. The van der Waals surface area contributed by atoms with Crippen LogP contribution in [0.4, 0.5) is 4.39 Å². The first-order valence-corrected chi connectivity index (χ1v) is 9.61. The molecule has 1 heterocycles. The quantitative estimate of drug-likeness (QED) is 0.837. The molecule has 0 spiro atoms. The number of methoxy groups -OCH3 is 1. The molecule has 4 rings (SSSR count). The smallest absolute Gasteiger partial charge is 0.165 e. The molecule has 0 aromatic heterocycles. The van der Waals surface area contributed by atoms with Crippen LogP contribution in [0.15, 0.2) is 42.5 Å². The Kier molecular flexibility index (Phi) is 5.21. The highest BCUT2D eigenvalue weighted by Crippen LogP contribution is 2.40. The van der Waals surface area contributed by atoms with Crippen LogP contribution in [0, 0.1) is 17.7 Å². The lowest BCUT2D eigenvalue weighted by atomic mass is 10.0. The molecular formula is C22H26FNO3. The molecule has 27 heavy (non-hydrogen) atoms. The van der Waals surface area contributed by atoms with E-state index in [1.807, 2.05) is 24.3 Å². The second-order valence-electron chi connectivity index (χ2n) is 7.70. The molecule has 4 nitrogen and oxygen atoms in total. The summed E-state index contributed by atoms with van der Waals surface area (Å²) in [5, 5.41) is 9.29. The van der Waals surface area contributed by atoms with Crippen molar-refractivity contribution in [3.8, 4) is 17.2 Å². The molecule has 5 heteroatoms. The molecule has 2 fully saturated rings. The van der Waals surface area contributed by atoms with Gasteiger partial charge < -0.3 is 19.5 Å². The van der Waals surface area contributed by atoms with Crippen molar-refractivity contribution in [2.75, 3.05) is 26.7 Å². The van der Waals surface area contributed by atoms with Gasteiger partial charge in [0.25, 0.3) is 0 Å². The van der Waals surface area contributed by atoms with E-state index in [1.54, 1.807) is 13.2 Å². The maximum Gasteiger partial charge on any atom is 0.165 e. The number of phenols is 1. The Morgan fingerprint density at radius 1 is 1.04 bits per heavy atom. The Morgan fingerprint density at radius 3 is 2.33 bits per heavy atom. The van der Waals surface area contributed by atoms with Crippen LogP contribution < -0.4 is 9.47 Å². The molecule has 1 N–H and O–H groups in total. The first-order chi connectivity index (χ1) is 13.1. The fourth-order valence-corrected chi connectivity index (χ4v) is 4.46. The van der Waals surface area contributed by atoms with Crippen LogP contribution in [0.25, 0.3) is 0 Å². The van der Waals surface area contributed by atoms with Crippen LogP contribution in [0.1, 0.15) is 18.4 Å². The number of likely N-dealkylation sites (tertiary alicyclic amines) is 1. The summed E-state index contributed by atoms with van der Waals surface area (Å²) in [6.45, 7) is 3.11. The van der Waals surface area contributed by atoms with Gasteiger partial charge in [0.2, 0.25) is 0 Å². The van der Waals surface area contributed by atoms with E-state index in [9.17, 15) is 9.50 Å². The molecule has 1 saturated carbocycles. The van der Waals surface area contributed by atoms with Gasteiger partial charge >= 0.3 is 0 Å². The highest BCUT2D eigenvalue weighted by atomic mass is 19.1. The van der Waals surface area contributed by atoms with Gasteiger partial charge in [-0.1, -0.05) is 6.07 Å². The van der Waals surface area contributed by atoms with Crippen LogP contribution in [-0.4, -0.2) is 42.9 Å². The number of hydrogen-bond acceptors (Lipinski definition) is 4. The molecule has 0 unspecified atom stereocenters. The maximum atomic E-state index is 13.4. The van der Waals surface area contributed by atoms with Gasteiger partial charge in [-0.15, -0.1) is 0 Å². The van der Waals surface area contributed by atoms with Crippen molar-refractivity contribution in [2.24, 2.45) is 11.8 Å².